The summed E-state index contributed by atoms with van der Waals surface area (Å²) in [5.41, 5.74) is 6.19. The van der Waals surface area contributed by atoms with Gasteiger partial charge in [-0.3, -0.25) is 0 Å². The van der Waals surface area contributed by atoms with Gasteiger partial charge in [-0.25, -0.2) is 9.97 Å². The monoisotopic (exact) mass is 153 g/mol. The molecule has 0 bridgehead atoms. The summed E-state index contributed by atoms with van der Waals surface area (Å²) in [6, 6.07) is 0. The zero-order valence-corrected chi connectivity index (χ0v) is 6.35. The lowest BCUT2D eigenvalue weighted by molar-refractivity contribution is 1.06. The van der Waals surface area contributed by atoms with E-state index in [0.29, 0.717) is 17.2 Å². The van der Waals surface area contributed by atoms with E-state index in [1.54, 1.807) is 13.1 Å². The standard InChI is InChI=1S/C6H7N3S/c1-4-8-2-5(3-10)6(7)9-4/h2-3H,1H3,(H2,7,8,9). The van der Waals surface area contributed by atoms with Crippen LogP contribution in [0.1, 0.15) is 11.4 Å². The molecule has 1 aromatic heterocycles. The number of nitrogens with zero attached hydrogens (tertiary/aromatic N) is 2. The van der Waals surface area contributed by atoms with Gasteiger partial charge in [0, 0.05) is 17.1 Å². The number of rotatable bonds is 1. The number of nitrogens with two attached hydrogens (primary N) is 1. The van der Waals surface area contributed by atoms with Crippen LogP contribution >= 0.6 is 12.2 Å². The second kappa shape index (κ2) is 2.70. The van der Waals surface area contributed by atoms with E-state index in [1.807, 2.05) is 0 Å². The highest BCUT2D eigenvalue weighted by atomic mass is 32.1. The van der Waals surface area contributed by atoms with Gasteiger partial charge in [-0.15, -0.1) is 0 Å². The number of thiocarbonyl (C=S) groups is 1. The van der Waals surface area contributed by atoms with Gasteiger partial charge in [0.15, 0.2) is 0 Å². The first-order chi connectivity index (χ1) is 4.74. The fourth-order valence-electron chi connectivity index (χ4n) is 0.588. The molecule has 4 heteroatoms. The number of hydrogen-bond acceptors (Lipinski definition) is 4. The van der Waals surface area contributed by atoms with E-state index in [0.717, 1.165) is 0 Å². The van der Waals surface area contributed by atoms with E-state index in [9.17, 15) is 0 Å². The molecule has 0 unspecified atom stereocenters. The van der Waals surface area contributed by atoms with Crippen LogP contribution in [0.3, 0.4) is 0 Å². The van der Waals surface area contributed by atoms with Gasteiger partial charge in [-0.1, -0.05) is 12.2 Å². The van der Waals surface area contributed by atoms with Crippen molar-refractivity contribution in [2.45, 2.75) is 6.92 Å². The zero-order chi connectivity index (χ0) is 7.56. The third-order valence-electron chi connectivity index (χ3n) is 1.10. The lowest BCUT2D eigenvalue weighted by atomic mass is 10.3. The first-order valence-electron chi connectivity index (χ1n) is 2.78. The van der Waals surface area contributed by atoms with E-state index in [-0.39, 0.29) is 0 Å². The maximum absolute atomic E-state index is 5.48. The third kappa shape index (κ3) is 1.27. The second-order valence-electron chi connectivity index (χ2n) is 1.88. The molecule has 0 fully saturated rings. The first kappa shape index (κ1) is 7.08. The average Bonchev–Trinajstić information content (AvgIpc) is 1.88. The molecular weight excluding hydrogens is 146 g/mol. The van der Waals surface area contributed by atoms with Gasteiger partial charge in [0.05, 0.1) is 0 Å². The normalized spacial score (nSPS) is 9.30. The topological polar surface area (TPSA) is 51.8 Å². The molecule has 10 heavy (non-hydrogen) atoms. The SMILES string of the molecule is Cc1ncc(C=S)c(N)n1. The lowest BCUT2D eigenvalue weighted by Gasteiger charge is -1.96. The van der Waals surface area contributed by atoms with Crippen molar-refractivity contribution in [3.8, 4) is 0 Å². The maximum atomic E-state index is 5.48. The van der Waals surface area contributed by atoms with E-state index >= 15 is 0 Å². The van der Waals surface area contributed by atoms with Gasteiger partial charge in [0.2, 0.25) is 0 Å². The summed E-state index contributed by atoms with van der Waals surface area (Å²) in [5, 5.41) is 1.47. The Morgan fingerprint density at radius 3 is 2.90 bits per heavy atom. The van der Waals surface area contributed by atoms with Gasteiger partial charge in [0.1, 0.15) is 11.6 Å². The second-order valence-corrected chi connectivity index (χ2v) is 2.11. The van der Waals surface area contributed by atoms with Crippen LogP contribution < -0.4 is 5.73 Å². The van der Waals surface area contributed by atoms with Crippen LogP contribution in [0.5, 0.6) is 0 Å². The lowest BCUT2D eigenvalue weighted by Crippen LogP contribution is -1.99. The maximum Gasteiger partial charge on any atom is 0.135 e. The number of nitrogen functional groups attached to an aromatic ring is 1. The molecule has 52 valence electrons. The summed E-state index contributed by atoms with van der Waals surface area (Å²) in [4.78, 5) is 7.83. The Balaban J connectivity index is 3.19. The molecule has 1 rings (SSSR count). The van der Waals surface area contributed by atoms with Crippen LogP contribution in [-0.4, -0.2) is 15.3 Å². The van der Waals surface area contributed by atoms with Crippen LogP contribution in [-0.2, 0) is 0 Å². The Kier molecular flexibility index (Phi) is 1.91. The van der Waals surface area contributed by atoms with Gasteiger partial charge in [-0.2, -0.15) is 0 Å². The summed E-state index contributed by atoms with van der Waals surface area (Å²) in [5.74, 6) is 1.11. The van der Waals surface area contributed by atoms with Crippen LogP contribution in [0.2, 0.25) is 0 Å². The number of hydrogen-bond donors (Lipinski definition) is 1. The molecule has 3 nitrogen and oxygen atoms in total. The molecule has 1 aromatic rings. The number of aryl methyl sites for hydroxylation is 1. The molecule has 0 spiro atoms. The third-order valence-corrected chi connectivity index (χ3v) is 1.35. The van der Waals surface area contributed by atoms with Crippen molar-refractivity contribution in [2.24, 2.45) is 0 Å². The van der Waals surface area contributed by atoms with Crippen LogP contribution in [0.15, 0.2) is 6.20 Å². The van der Waals surface area contributed by atoms with Gasteiger partial charge >= 0.3 is 0 Å². The molecule has 1 heterocycles. The smallest absolute Gasteiger partial charge is 0.135 e. The van der Waals surface area contributed by atoms with Crippen molar-refractivity contribution in [1.82, 2.24) is 9.97 Å². The Labute approximate surface area is 64.3 Å². The molecule has 0 radical (unpaired) electrons. The molecule has 0 aliphatic carbocycles. The fourth-order valence-corrected chi connectivity index (χ4v) is 0.769. The van der Waals surface area contributed by atoms with Crippen molar-refractivity contribution in [3.63, 3.8) is 0 Å². The predicted octanol–water partition coefficient (Wildman–Crippen LogP) is 0.715. The Morgan fingerprint density at radius 2 is 2.40 bits per heavy atom. The summed E-state index contributed by atoms with van der Waals surface area (Å²) in [6.07, 6.45) is 1.62. The Hall–Kier alpha value is -1.03. The average molecular weight is 153 g/mol. The van der Waals surface area contributed by atoms with E-state index in [4.69, 9.17) is 5.73 Å². The highest BCUT2D eigenvalue weighted by Crippen LogP contribution is 2.02. The predicted molar refractivity (Wildman–Crippen MR) is 43.9 cm³/mol. The molecule has 0 saturated heterocycles. The fraction of sp³-hybridized carbons (Fsp3) is 0.167. The molecule has 0 aliphatic rings. The minimum Gasteiger partial charge on any atom is -0.383 e. The molecule has 0 saturated carbocycles. The molecule has 2 N–H and O–H groups in total. The molecule has 0 aliphatic heterocycles. The zero-order valence-electron chi connectivity index (χ0n) is 5.53. The minimum atomic E-state index is 0.447. The van der Waals surface area contributed by atoms with Crippen molar-refractivity contribution < 1.29 is 0 Å². The highest BCUT2D eigenvalue weighted by Gasteiger charge is 1.95. The van der Waals surface area contributed by atoms with Crippen LogP contribution in [0, 0.1) is 6.92 Å². The number of aromatic nitrogens is 2. The molecule has 0 atom stereocenters. The van der Waals surface area contributed by atoms with Crippen LogP contribution in [0.25, 0.3) is 0 Å². The first-order valence-corrected chi connectivity index (χ1v) is 3.25. The van der Waals surface area contributed by atoms with Crippen molar-refractivity contribution >= 4 is 23.4 Å². The quantitative estimate of drug-likeness (QED) is 0.604. The van der Waals surface area contributed by atoms with E-state index in [2.05, 4.69) is 22.2 Å². The van der Waals surface area contributed by atoms with Crippen molar-refractivity contribution in [3.05, 3.63) is 17.6 Å². The van der Waals surface area contributed by atoms with Crippen molar-refractivity contribution in [1.29, 1.82) is 0 Å². The van der Waals surface area contributed by atoms with Gasteiger partial charge in [-0.05, 0) is 6.92 Å². The summed E-state index contributed by atoms with van der Waals surface area (Å²) in [7, 11) is 0. The Bertz CT molecular complexity index is 259. The number of anilines is 1. The Morgan fingerprint density at radius 1 is 1.70 bits per heavy atom. The summed E-state index contributed by atoms with van der Waals surface area (Å²) < 4.78 is 0. The molecular formula is C6H7N3S. The van der Waals surface area contributed by atoms with E-state index in [1.165, 1.54) is 5.37 Å². The largest absolute Gasteiger partial charge is 0.383 e. The molecule has 0 amide bonds. The van der Waals surface area contributed by atoms with E-state index < -0.39 is 0 Å². The molecule has 0 aromatic carbocycles. The van der Waals surface area contributed by atoms with Gasteiger partial charge in [0.25, 0.3) is 0 Å². The van der Waals surface area contributed by atoms with Gasteiger partial charge < -0.3 is 5.73 Å². The summed E-state index contributed by atoms with van der Waals surface area (Å²) in [6.45, 7) is 1.78. The highest BCUT2D eigenvalue weighted by molar-refractivity contribution is 7.79. The van der Waals surface area contributed by atoms with Crippen molar-refractivity contribution in [2.75, 3.05) is 5.73 Å². The summed E-state index contributed by atoms with van der Waals surface area (Å²) >= 11 is 4.66. The van der Waals surface area contributed by atoms with Crippen LogP contribution in [0.4, 0.5) is 5.82 Å². The minimum absolute atomic E-state index is 0.447.